The van der Waals surface area contributed by atoms with Gasteiger partial charge in [-0.1, -0.05) is 146 Å². The molecule has 13 aromatic rings. The summed E-state index contributed by atoms with van der Waals surface area (Å²) >= 11 is 0. The molecule has 0 spiro atoms. The van der Waals surface area contributed by atoms with Gasteiger partial charge in [0.1, 0.15) is 33.5 Å². The summed E-state index contributed by atoms with van der Waals surface area (Å²) < 4.78 is 19.8. The van der Waals surface area contributed by atoms with Crippen molar-refractivity contribution in [1.29, 1.82) is 0 Å². The van der Waals surface area contributed by atoms with Crippen LogP contribution in [-0.2, 0) is 0 Å². The van der Waals surface area contributed by atoms with Crippen molar-refractivity contribution < 1.29 is 13.3 Å². The van der Waals surface area contributed by atoms with E-state index in [4.69, 9.17) is 13.3 Å². The van der Waals surface area contributed by atoms with Crippen molar-refractivity contribution in [3.63, 3.8) is 0 Å². The summed E-state index contributed by atoms with van der Waals surface area (Å²) in [6.07, 6.45) is 0. The Morgan fingerprint density at radius 2 is 0.734 bits per heavy atom. The van der Waals surface area contributed by atoms with Crippen LogP contribution in [0.2, 0.25) is 0 Å². The van der Waals surface area contributed by atoms with Gasteiger partial charge in [0.15, 0.2) is 0 Å². The number of para-hydroxylation sites is 3. The van der Waals surface area contributed by atoms with E-state index in [-0.39, 0.29) is 0 Å². The maximum Gasteiger partial charge on any atom is 0.143 e. The van der Waals surface area contributed by atoms with Crippen molar-refractivity contribution in [3.05, 3.63) is 224 Å². The fourth-order valence-corrected chi connectivity index (χ4v) is 9.60. The molecule has 0 radical (unpaired) electrons. The number of hydrogen-bond donors (Lipinski definition) is 0. The minimum atomic E-state index is 0.826. The maximum absolute atomic E-state index is 6.78. The molecule has 0 atom stereocenters. The van der Waals surface area contributed by atoms with Gasteiger partial charge in [-0.2, -0.15) is 0 Å². The molecule has 0 aliphatic rings. The molecule has 0 saturated carbocycles. The summed E-state index contributed by atoms with van der Waals surface area (Å²) in [6, 6.07) is 79.1. The largest absolute Gasteiger partial charge is 0.456 e. The number of benzene rings is 10. The molecule has 300 valence electrons. The van der Waals surface area contributed by atoms with Crippen LogP contribution in [0, 0.1) is 0 Å². The Bertz CT molecular complexity index is 3910. The van der Waals surface area contributed by atoms with Crippen LogP contribution in [0.15, 0.2) is 238 Å². The number of anilines is 3. The van der Waals surface area contributed by atoms with Crippen molar-refractivity contribution in [1.82, 2.24) is 0 Å². The zero-order chi connectivity index (χ0) is 42.1. The second kappa shape index (κ2) is 14.5. The van der Waals surface area contributed by atoms with Crippen LogP contribution < -0.4 is 4.90 Å². The summed E-state index contributed by atoms with van der Waals surface area (Å²) in [5.41, 5.74) is 17.1. The van der Waals surface area contributed by atoms with E-state index in [1.54, 1.807) is 0 Å². The minimum Gasteiger partial charge on any atom is -0.456 e. The van der Waals surface area contributed by atoms with E-state index < -0.39 is 0 Å². The molecule has 0 bridgehead atoms. The van der Waals surface area contributed by atoms with Gasteiger partial charge in [-0.05, 0) is 106 Å². The second-order valence-corrected chi connectivity index (χ2v) is 16.4. The molecule has 4 heteroatoms. The lowest BCUT2D eigenvalue weighted by Gasteiger charge is -2.28. The van der Waals surface area contributed by atoms with Crippen LogP contribution in [0.5, 0.6) is 0 Å². The van der Waals surface area contributed by atoms with Gasteiger partial charge < -0.3 is 18.2 Å². The molecule has 0 unspecified atom stereocenters. The van der Waals surface area contributed by atoms with Gasteiger partial charge in [0.05, 0.1) is 5.69 Å². The summed E-state index contributed by atoms with van der Waals surface area (Å²) in [4.78, 5) is 2.35. The summed E-state index contributed by atoms with van der Waals surface area (Å²) in [5.74, 6) is 0. The minimum absolute atomic E-state index is 0.826. The Kier molecular flexibility index (Phi) is 8.18. The second-order valence-electron chi connectivity index (χ2n) is 16.4. The van der Waals surface area contributed by atoms with E-state index in [2.05, 4.69) is 211 Å². The van der Waals surface area contributed by atoms with Crippen molar-refractivity contribution in [2.24, 2.45) is 0 Å². The predicted molar refractivity (Wildman–Crippen MR) is 265 cm³/mol. The highest BCUT2D eigenvalue weighted by molar-refractivity contribution is 6.12. The highest BCUT2D eigenvalue weighted by Gasteiger charge is 2.20. The van der Waals surface area contributed by atoms with Crippen molar-refractivity contribution >= 4 is 82.9 Å². The molecule has 0 amide bonds. The highest BCUT2D eigenvalue weighted by atomic mass is 16.3. The van der Waals surface area contributed by atoms with Crippen LogP contribution in [0.3, 0.4) is 0 Å². The SMILES string of the molecule is c1ccc(-c2cccc(N(c3ccc4c(c3)oc3cc(-c5ccc6c(c5)oc5c(-c7ccc8c(c7)oc7ccccc78)cccc56)ccc34)c3ccccc3-c3ccccc3)c2)cc1. The van der Waals surface area contributed by atoms with Crippen molar-refractivity contribution in [2.75, 3.05) is 4.90 Å². The van der Waals surface area contributed by atoms with Gasteiger partial charge in [-0.3, -0.25) is 0 Å². The molecule has 0 aliphatic carbocycles. The fraction of sp³-hybridized carbons (Fsp3) is 0. The third kappa shape index (κ3) is 5.92. The third-order valence-corrected chi connectivity index (χ3v) is 12.7. The van der Waals surface area contributed by atoms with Crippen molar-refractivity contribution in [2.45, 2.75) is 0 Å². The highest BCUT2D eigenvalue weighted by Crippen LogP contribution is 2.45. The van der Waals surface area contributed by atoms with E-state index in [9.17, 15) is 0 Å². The first-order valence-electron chi connectivity index (χ1n) is 21.6. The van der Waals surface area contributed by atoms with Crippen molar-refractivity contribution in [3.8, 4) is 44.5 Å². The Balaban J connectivity index is 0.892. The number of hydrogen-bond acceptors (Lipinski definition) is 4. The predicted octanol–water partition coefficient (Wildman–Crippen LogP) is 17.5. The number of furan rings is 3. The van der Waals surface area contributed by atoms with Crippen LogP contribution in [0.25, 0.3) is 110 Å². The molecule has 3 heterocycles. The molecular weight excluding hydrogens is 783 g/mol. The average molecular weight is 820 g/mol. The lowest BCUT2D eigenvalue weighted by atomic mass is 9.99. The molecule has 0 N–H and O–H groups in total. The van der Waals surface area contributed by atoms with E-state index in [1.165, 1.54) is 5.56 Å². The quantitative estimate of drug-likeness (QED) is 0.161. The molecule has 13 rings (SSSR count). The first-order chi connectivity index (χ1) is 31.7. The smallest absolute Gasteiger partial charge is 0.143 e. The van der Waals surface area contributed by atoms with E-state index in [0.29, 0.717) is 0 Å². The van der Waals surface area contributed by atoms with E-state index in [1.807, 2.05) is 18.2 Å². The molecule has 3 aromatic heterocycles. The number of nitrogens with zero attached hydrogens (tertiary/aromatic N) is 1. The Morgan fingerprint density at radius 1 is 0.250 bits per heavy atom. The topological polar surface area (TPSA) is 42.7 Å². The van der Waals surface area contributed by atoms with E-state index in [0.717, 1.165) is 122 Å². The molecule has 64 heavy (non-hydrogen) atoms. The van der Waals surface area contributed by atoms with Gasteiger partial charge in [-0.15, -0.1) is 0 Å². The normalized spacial score (nSPS) is 11.8. The Labute approximate surface area is 368 Å². The van der Waals surface area contributed by atoms with Crippen LogP contribution >= 0.6 is 0 Å². The summed E-state index contributed by atoms with van der Waals surface area (Å²) in [5, 5.41) is 6.54. The third-order valence-electron chi connectivity index (χ3n) is 12.7. The zero-order valence-corrected chi connectivity index (χ0v) is 34.5. The van der Waals surface area contributed by atoms with Crippen LogP contribution in [0.4, 0.5) is 17.1 Å². The van der Waals surface area contributed by atoms with Crippen LogP contribution in [0.1, 0.15) is 0 Å². The maximum atomic E-state index is 6.78. The van der Waals surface area contributed by atoms with Gasteiger partial charge in [0, 0.05) is 60.9 Å². The summed E-state index contributed by atoms with van der Waals surface area (Å²) in [7, 11) is 0. The first-order valence-corrected chi connectivity index (χ1v) is 21.6. The lowest BCUT2D eigenvalue weighted by molar-refractivity contribution is 0.667. The van der Waals surface area contributed by atoms with E-state index >= 15 is 0 Å². The fourth-order valence-electron chi connectivity index (χ4n) is 9.60. The Morgan fingerprint density at radius 3 is 1.52 bits per heavy atom. The van der Waals surface area contributed by atoms with Gasteiger partial charge in [0.25, 0.3) is 0 Å². The zero-order valence-electron chi connectivity index (χ0n) is 34.5. The van der Waals surface area contributed by atoms with Gasteiger partial charge in [-0.25, -0.2) is 0 Å². The standard InChI is InChI=1S/C60H37NO3/c1-3-13-38(14-4-1)40-17-11-18-44(33-40)61(54-23-9-7-19-46(54)39-15-5-2-6-16-39)45-28-32-51-50-29-25-41(34-56(50)63-59(51)37-45)42-26-30-52-53-22-12-21-47(60(53)64-58(52)35-42)43-27-31-49-48-20-8-10-24-55(48)62-57(49)36-43/h1-37H. The lowest BCUT2D eigenvalue weighted by Crippen LogP contribution is -2.11. The van der Waals surface area contributed by atoms with Gasteiger partial charge >= 0.3 is 0 Å². The number of fused-ring (bicyclic) bond motifs is 9. The average Bonchev–Trinajstić information content (AvgIpc) is 4.05. The molecular formula is C60H37NO3. The summed E-state index contributed by atoms with van der Waals surface area (Å²) in [6.45, 7) is 0. The van der Waals surface area contributed by atoms with Crippen LogP contribution in [-0.4, -0.2) is 0 Å². The molecule has 0 aliphatic heterocycles. The number of rotatable bonds is 7. The molecule has 0 saturated heterocycles. The Hall–Kier alpha value is -8.60. The monoisotopic (exact) mass is 819 g/mol. The molecule has 4 nitrogen and oxygen atoms in total. The first kappa shape index (κ1) is 36.1. The molecule has 0 fully saturated rings. The molecule has 10 aromatic carbocycles. The van der Waals surface area contributed by atoms with Gasteiger partial charge in [0.2, 0.25) is 0 Å².